The second kappa shape index (κ2) is 4.06. The first kappa shape index (κ1) is 12.4. The summed E-state index contributed by atoms with van der Waals surface area (Å²) in [6, 6.07) is 0. The van der Waals surface area contributed by atoms with Crippen LogP contribution in [0.4, 0.5) is 4.79 Å². The van der Waals surface area contributed by atoms with Crippen molar-refractivity contribution in [2.75, 3.05) is 13.7 Å². The van der Waals surface area contributed by atoms with Gasteiger partial charge in [0, 0.05) is 0 Å². The van der Waals surface area contributed by atoms with E-state index >= 15 is 0 Å². The van der Waals surface area contributed by atoms with E-state index in [1.54, 1.807) is 0 Å². The number of aliphatic hydroxyl groups is 1. The Kier molecular flexibility index (Phi) is 3.87. The second-order valence-corrected chi connectivity index (χ2v) is 4.66. The number of nitrogens with one attached hydrogen (secondary N) is 1. The average molecular weight is 213 g/mol. The highest BCUT2D eigenvalue weighted by Crippen LogP contribution is 2.47. The molecule has 0 radical (unpaired) electrons. The van der Waals surface area contributed by atoms with Crippen LogP contribution in [0.1, 0.15) is 6.92 Å². The van der Waals surface area contributed by atoms with Gasteiger partial charge in [-0.05, 0) is 6.92 Å². The summed E-state index contributed by atoms with van der Waals surface area (Å²) in [5.74, 6) is 0. The monoisotopic (exact) mass is 213 g/mol. The molecule has 0 saturated heterocycles. The second-order valence-electron chi connectivity index (χ2n) is 2.61. The third-order valence-electron chi connectivity index (χ3n) is 1.38. The minimum Gasteiger partial charge on any atom is -0.453 e. The molecular weight excluding hydrogens is 201 g/mol. The van der Waals surface area contributed by atoms with Crippen molar-refractivity contribution in [1.29, 1.82) is 0 Å². The molecule has 0 aromatic carbocycles. The summed E-state index contributed by atoms with van der Waals surface area (Å²) in [7, 11) is -3.55. The summed E-state index contributed by atoms with van der Waals surface area (Å²) >= 11 is 0. The van der Waals surface area contributed by atoms with Gasteiger partial charge in [0.05, 0.1) is 13.7 Å². The number of ether oxygens (including phenoxy) is 1. The van der Waals surface area contributed by atoms with Crippen LogP contribution in [0.15, 0.2) is 0 Å². The zero-order chi connectivity index (χ0) is 10.7. The zero-order valence-electron chi connectivity index (χ0n) is 7.22. The maximum absolute atomic E-state index is 10.6. The molecule has 1 atom stereocenters. The lowest BCUT2D eigenvalue weighted by Gasteiger charge is -2.23. The van der Waals surface area contributed by atoms with Gasteiger partial charge < -0.3 is 24.9 Å². The fourth-order valence-corrected chi connectivity index (χ4v) is 0.700. The SMILES string of the molecule is COC(=O)NCC(C)(O)P(=O)(O)O. The molecule has 0 saturated carbocycles. The first-order valence-electron chi connectivity index (χ1n) is 3.30. The number of hydrogen-bond donors (Lipinski definition) is 4. The van der Waals surface area contributed by atoms with E-state index in [0.29, 0.717) is 0 Å². The molecule has 0 bridgehead atoms. The van der Waals surface area contributed by atoms with Crippen molar-refractivity contribution in [3.8, 4) is 0 Å². The van der Waals surface area contributed by atoms with Gasteiger partial charge in [0.2, 0.25) is 0 Å². The Morgan fingerprint density at radius 2 is 2.08 bits per heavy atom. The maximum Gasteiger partial charge on any atom is 0.406 e. The largest absolute Gasteiger partial charge is 0.453 e. The van der Waals surface area contributed by atoms with E-state index in [9.17, 15) is 9.36 Å². The van der Waals surface area contributed by atoms with Gasteiger partial charge in [-0.1, -0.05) is 0 Å². The van der Waals surface area contributed by atoms with Gasteiger partial charge in [0.1, 0.15) is 0 Å². The number of carbonyl (C=O) groups excluding carboxylic acids is 1. The van der Waals surface area contributed by atoms with Crippen molar-refractivity contribution in [2.45, 2.75) is 12.3 Å². The van der Waals surface area contributed by atoms with E-state index in [4.69, 9.17) is 14.9 Å². The Hall–Kier alpha value is -0.620. The van der Waals surface area contributed by atoms with E-state index in [1.807, 2.05) is 5.32 Å². The summed E-state index contributed by atoms with van der Waals surface area (Å²) in [6.45, 7) is 0.341. The van der Waals surface area contributed by atoms with Gasteiger partial charge in [-0.15, -0.1) is 0 Å². The molecule has 1 unspecified atom stereocenters. The normalized spacial score (nSPS) is 16.1. The number of methoxy groups -OCH3 is 1. The molecule has 0 aliphatic heterocycles. The van der Waals surface area contributed by atoms with Gasteiger partial charge in [0.15, 0.2) is 5.34 Å². The van der Waals surface area contributed by atoms with Crippen LogP contribution < -0.4 is 5.32 Å². The number of carbonyl (C=O) groups is 1. The number of amides is 1. The minimum atomic E-state index is -4.65. The third kappa shape index (κ3) is 3.73. The molecule has 8 heteroatoms. The molecule has 0 spiro atoms. The summed E-state index contributed by atoms with van der Waals surface area (Å²) in [5, 5.41) is 8.86. The van der Waals surface area contributed by atoms with Crippen LogP contribution in [0, 0.1) is 0 Å². The van der Waals surface area contributed by atoms with Gasteiger partial charge in [-0.2, -0.15) is 0 Å². The highest BCUT2D eigenvalue weighted by molar-refractivity contribution is 7.53. The zero-order valence-corrected chi connectivity index (χ0v) is 8.12. The molecule has 13 heavy (non-hydrogen) atoms. The number of hydrogen-bond acceptors (Lipinski definition) is 4. The standard InChI is InChI=1S/C5H12NO6P/c1-5(8,13(9,10)11)3-6-4(7)12-2/h8H,3H2,1-2H3,(H,6,7)(H2,9,10,11). The molecule has 0 aromatic heterocycles. The van der Waals surface area contributed by atoms with Crippen molar-refractivity contribution in [2.24, 2.45) is 0 Å². The Morgan fingerprint density at radius 1 is 1.62 bits per heavy atom. The molecule has 4 N–H and O–H groups in total. The average Bonchev–Trinajstić information content (AvgIpc) is 1.98. The molecule has 0 fully saturated rings. The Balaban J connectivity index is 4.20. The first-order valence-corrected chi connectivity index (χ1v) is 4.92. The van der Waals surface area contributed by atoms with Crippen LogP contribution in [0.2, 0.25) is 0 Å². The first-order chi connectivity index (χ1) is 5.70. The quantitative estimate of drug-likeness (QED) is 0.457. The minimum absolute atomic E-state index is 0.579. The lowest BCUT2D eigenvalue weighted by molar-refractivity contribution is 0.102. The van der Waals surface area contributed by atoms with Crippen molar-refractivity contribution in [1.82, 2.24) is 5.32 Å². The summed E-state index contributed by atoms with van der Waals surface area (Å²) in [6.07, 6.45) is -0.867. The lowest BCUT2D eigenvalue weighted by atomic mass is 10.4. The summed E-state index contributed by atoms with van der Waals surface area (Å²) in [5.41, 5.74) is 0. The molecule has 0 rings (SSSR count). The summed E-state index contributed by atoms with van der Waals surface area (Å²) in [4.78, 5) is 27.7. The van der Waals surface area contributed by atoms with Crippen LogP contribution in [-0.4, -0.2) is 40.0 Å². The van der Waals surface area contributed by atoms with Crippen LogP contribution in [-0.2, 0) is 9.30 Å². The summed E-state index contributed by atoms with van der Waals surface area (Å²) < 4.78 is 14.8. The van der Waals surface area contributed by atoms with Crippen molar-refractivity contribution < 1.29 is 29.0 Å². The maximum atomic E-state index is 10.6. The van der Waals surface area contributed by atoms with Gasteiger partial charge in [-0.3, -0.25) is 4.57 Å². The molecule has 1 amide bonds. The molecular formula is C5H12NO6P. The van der Waals surface area contributed by atoms with Gasteiger partial charge in [0.25, 0.3) is 0 Å². The van der Waals surface area contributed by atoms with E-state index in [1.165, 1.54) is 0 Å². The molecule has 0 aliphatic carbocycles. The fraction of sp³-hybridized carbons (Fsp3) is 0.800. The molecule has 7 nitrogen and oxygen atoms in total. The molecule has 78 valence electrons. The predicted octanol–water partition coefficient (Wildman–Crippen LogP) is -0.771. The molecule has 0 aromatic rings. The molecule has 0 aliphatic rings. The van der Waals surface area contributed by atoms with Crippen molar-refractivity contribution in [3.63, 3.8) is 0 Å². The van der Waals surface area contributed by atoms with E-state index < -0.39 is 25.6 Å². The van der Waals surface area contributed by atoms with Gasteiger partial charge >= 0.3 is 13.7 Å². The number of rotatable bonds is 3. The van der Waals surface area contributed by atoms with Crippen LogP contribution in [0.3, 0.4) is 0 Å². The van der Waals surface area contributed by atoms with Crippen molar-refractivity contribution in [3.05, 3.63) is 0 Å². The smallest absolute Gasteiger partial charge is 0.406 e. The predicted molar refractivity (Wildman–Crippen MR) is 43.1 cm³/mol. The highest BCUT2D eigenvalue weighted by Gasteiger charge is 2.40. The topological polar surface area (TPSA) is 116 Å². The third-order valence-corrected chi connectivity index (χ3v) is 2.79. The van der Waals surface area contributed by atoms with Gasteiger partial charge in [-0.25, -0.2) is 4.79 Å². The highest BCUT2D eigenvalue weighted by atomic mass is 31.2. The Morgan fingerprint density at radius 3 is 2.38 bits per heavy atom. The number of alkyl carbamates (subject to hydrolysis) is 1. The Bertz CT molecular complexity index is 233. The fourth-order valence-electron chi connectivity index (χ4n) is 0.415. The lowest BCUT2D eigenvalue weighted by Crippen LogP contribution is -2.40. The molecule has 0 heterocycles. The van der Waals surface area contributed by atoms with E-state index in [0.717, 1.165) is 14.0 Å². The van der Waals surface area contributed by atoms with E-state index in [-0.39, 0.29) is 0 Å². The van der Waals surface area contributed by atoms with Crippen LogP contribution in [0.5, 0.6) is 0 Å². The van der Waals surface area contributed by atoms with E-state index in [2.05, 4.69) is 4.74 Å². The Labute approximate surface area is 74.9 Å². The van der Waals surface area contributed by atoms with Crippen LogP contribution in [0.25, 0.3) is 0 Å². The van der Waals surface area contributed by atoms with Crippen molar-refractivity contribution >= 4 is 13.7 Å². The van der Waals surface area contributed by atoms with Crippen LogP contribution >= 0.6 is 7.60 Å².